The molecular weight excluding hydrogens is 443 g/mol. The molecule has 10 heteroatoms. The zero-order chi connectivity index (χ0) is 23.5. The summed E-state index contributed by atoms with van der Waals surface area (Å²) in [6, 6.07) is 8.91. The summed E-state index contributed by atoms with van der Waals surface area (Å²) >= 11 is 0.981. The number of alkyl halides is 5. The Morgan fingerprint density at radius 1 is 0.968 bits per heavy atom. The van der Waals surface area contributed by atoms with Gasteiger partial charge >= 0.3 is 12.3 Å². The molecule has 0 saturated heterocycles. The molecule has 4 nitrogen and oxygen atoms in total. The molecule has 0 unspecified atom stereocenters. The van der Waals surface area contributed by atoms with E-state index >= 15 is 0 Å². The van der Waals surface area contributed by atoms with Crippen molar-refractivity contribution in [1.82, 2.24) is 0 Å². The van der Waals surface area contributed by atoms with E-state index in [2.05, 4.69) is 0 Å². The van der Waals surface area contributed by atoms with E-state index in [-0.39, 0.29) is 11.9 Å². The largest absolute Gasteiger partial charge is 0.493 e. The first-order chi connectivity index (χ1) is 14.5. The molecule has 0 aromatic heterocycles. The predicted octanol–water partition coefficient (Wildman–Crippen LogP) is 6.03. The van der Waals surface area contributed by atoms with Crippen molar-refractivity contribution in [1.29, 1.82) is 0 Å². The molecule has 0 aliphatic rings. The highest BCUT2D eigenvalue weighted by Gasteiger charge is 2.32. The number of benzene rings is 2. The monoisotopic (exact) mass is 464 g/mol. The molecule has 0 amide bonds. The third-order valence-electron chi connectivity index (χ3n) is 3.69. The molecule has 2 aromatic rings. The van der Waals surface area contributed by atoms with Crippen LogP contribution in [0, 0.1) is 6.92 Å². The number of carbonyl (C=O) groups excluding carboxylic acids is 2. The number of aryl methyl sites for hydroxylation is 1. The lowest BCUT2D eigenvalue weighted by Crippen LogP contribution is -2.28. The van der Waals surface area contributed by atoms with Crippen LogP contribution in [0.5, 0.6) is 11.5 Å². The van der Waals surface area contributed by atoms with Crippen molar-refractivity contribution in [2.45, 2.75) is 37.3 Å². The van der Waals surface area contributed by atoms with Crippen LogP contribution in [0.2, 0.25) is 0 Å². The van der Waals surface area contributed by atoms with Crippen molar-refractivity contribution in [2.75, 3.05) is 19.0 Å². The first kappa shape index (κ1) is 26.5. The lowest BCUT2D eigenvalue weighted by Gasteiger charge is -2.17. The maximum absolute atomic E-state index is 14.1. The molecule has 0 heterocycles. The fraction of sp³-hybridized carbons (Fsp3) is 0.381. The van der Waals surface area contributed by atoms with Crippen LogP contribution in [0.25, 0.3) is 0 Å². The average Bonchev–Trinajstić information content (AvgIpc) is 2.70. The molecule has 2 aromatic carbocycles. The molecule has 0 atom stereocenters. The SMILES string of the molecule is CCCOc1ccc(SCC(F)(F)COc2ccc(C(F)(F)F)cc2)cc1C.O=C=O. The van der Waals surface area contributed by atoms with Gasteiger partial charge in [-0.1, -0.05) is 6.92 Å². The van der Waals surface area contributed by atoms with Crippen molar-refractivity contribution in [3.8, 4) is 11.5 Å². The van der Waals surface area contributed by atoms with Crippen LogP contribution < -0.4 is 9.47 Å². The second kappa shape index (κ2) is 12.3. The van der Waals surface area contributed by atoms with E-state index in [1.54, 1.807) is 18.2 Å². The number of halogens is 5. The molecule has 0 saturated carbocycles. The summed E-state index contributed by atoms with van der Waals surface area (Å²) in [7, 11) is 0. The van der Waals surface area contributed by atoms with Crippen LogP contribution in [0.15, 0.2) is 47.4 Å². The first-order valence-electron chi connectivity index (χ1n) is 9.06. The molecule has 0 aliphatic carbocycles. The number of hydrogen-bond acceptors (Lipinski definition) is 5. The minimum absolute atomic E-state index is 0.0362. The van der Waals surface area contributed by atoms with Gasteiger partial charge in [0.25, 0.3) is 5.92 Å². The summed E-state index contributed by atoms with van der Waals surface area (Å²) in [6.45, 7) is 3.52. The fourth-order valence-corrected chi connectivity index (χ4v) is 3.13. The Kier molecular flexibility index (Phi) is 10.5. The highest BCUT2D eigenvalue weighted by Crippen LogP contribution is 2.32. The van der Waals surface area contributed by atoms with Gasteiger partial charge in [-0.2, -0.15) is 22.8 Å². The van der Waals surface area contributed by atoms with Crippen molar-refractivity contribution < 1.29 is 41.0 Å². The molecule has 0 bridgehead atoms. The Hall–Kier alpha value is -2.58. The minimum atomic E-state index is -4.48. The van der Waals surface area contributed by atoms with Gasteiger partial charge in [0.15, 0.2) is 6.61 Å². The molecule has 0 fully saturated rings. The lowest BCUT2D eigenvalue weighted by atomic mass is 10.2. The molecule has 0 radical (unpaired) electrons. The van der Waals surface area contributed by atoms with Gasteiger partial charge in [-0.3, -0.25) is 0 Å². The molecule has 0 spiro atoms. The summed E-state index contributed by atoms with van der Waals surface area (Å²) in [5.41, 5.74) is 0.00618. The smallest absolute Gasteiger partial charge is 0.416 e. The van der Waals surface area contributed by atoms with Gasteiger partial charge in [-0.05, 0) is 61.4 Å². The summed E-state index contributed by atoms with van der Waals surface area (Å²) in [5.74, 6) is -2.96. The highest BCUT2D eigenvalue weighted by molar-refractivity contribution is 7.99. The quantitative estimate of drug-likeness (QED) is 0.335. The molecule has 31 heavy (non-hydrogen) atoms. The second-order valence-corrected chi connectivity index (χ2v) is 7.36. The Bertz CT molecular complexity index is 848. The van der Waals surface area contributed by atoms with Crippen LogP contribution in [0.1, 0.15) is 24.5 Å². The van der Waals surface area contributed by atoms with Crippen LogP contribution in [0.4, 0.5) is 22.0 Å². The number of ether oxygens (including phenoxy) is 2. The standard InChI is InChI=1S/C20H21F5O2S.CO2/c1-3-10-26-18-9-8-17(11-14(18)2)28-13-19(21,22)12-27-16-6-4-15(5-7-16)20(23,24)25;2-1-3/h4-9,11H,3,10,12-13H2,1-2H3;. The highest BCUT2D eigenvalue weighted by atomic mass is 32.2. The molecular formula is C21H21F5O4S. The van der Waals surface area contributed by atoms with Gasteiger partial charge < -0.3 is 9.47 Å². The van der Waals surface area contributed by atoms with Gasteiger partial charge in [-0.25, -0.2) is 8.78 Å². The van der Waals surface area contributed by atoms with E-state index in [0.29, 0.717) is 11.5 Å². The average molecular weight is 464 g/mol. The third-order valence-corrected chi connectivity index (χ3v) is 4.84. The Morgan fingerprint density at radius 2 is 1.58 bits per heavy atom. The number of rotatable bonds is 9. The van der Waals surface area contributed by atoms with Gasteiger partial charge in [0.05, 0.1) is 17.9 Å². The first-order valence-corrected chi connectivity index (χ1v) is 10.0. The van der Waals surface area contributed by atoms with E-state index < -0.39 is 30.0 Å². The summed E-state index contributed by atoms with van der Waals surface area (Å²) in [4.78, 5) is 16.9. The minimum Gasteiger partial charge on any atom is -0.493 e. The van der Waals surface area contributed by atoms with Crippen LogP contribution in [-0.4, -0.2) is 31.0 Å². The molecule has 0 aliphatic heterocycles. The Labute approximate surface area is 180 Å². The van der Waals surface area contributed by atoms with Crippen molar-refractivity contribution in [2.24, 2.45) is 0 Å². The summed E-state index contributed by atoms with van der Waals surface area (Å²) in [5, 5.41) is 0. The zero-order valence-electron chi connectivity index (χ0n) is 16.8. The second-order valence-electron chi connectivity index (χ2n) is 6.31. The van der Waals surface area contributed by atoms with Crippen molar-refractivity contribution >= 4 is 17.9 Å². The van der Waals surface area contributed by atoms with Gasteiger partial charge in [0, 0.05) is 4.90 Å². The topological polar surface area (TPSA) is 52.6 Å². The van der Waals surface area contributed by atoms with Crippen molar-refractivity contribution in [3.63, 3.8) is 0 Å². The van der Waals surface area contributed by atoms with Crippen molar-refractivity contribution in [3.05, 3.63) is 53.6 Å². The van der Waals surface area contributed by atoms with E-state index in [0.717, 1.165) is 53.8 Å². The Morgan fingerprint density at radius 3 is 2.10 bits per heavy atom. The fourth-order valence-electron chi connectivity index (χ4n) is 2.25. The van der Waals surface area contributed by atoms with Gasteiger partial charge in [-0.15, -0.1) is 11.8 Å². The van der Waals surface area contributed by atoms with Crippen LogP contribution in [0.3, 0.4) is 0 Å². The maximum atomic E-state index is 14.1. The van der Waals surface area contributed by atoms with E-state index in [1.807, 2.05) is 13.8 Å². The molecule has 0 N–H and O–H groups in total. The normalized spacial score (nSPS) is 11.2. The molecule has 170 valence electrons. The number of thioether (sulfide) groups is 1. The van der Waals surface area contributed by atoms with E-state index in [4.69, 9.17) is 19.1 Å². The third kappa shape index (κ3) is 9.85. The number of hydrogen-bond donors (Lipinski definition) is 0. The van der Waals surface area contributed by atoms with Crippen LogP contribution in [-0.2, 0) is 15.8 Å². The predicted molar refractivity (Wildman–Crippen MR) is 105 cm³/mol. The Balaban J connectivity index is 0.00000151. The van der Waals surface area contributed by atoms with Crippen LogP contribution >= 0.6 is 11.8 Å². The maximum Gasteiger partial charge on any atom is 0.416 e. The summed E-state index contributed by atoms with van der Waals surface area (Å²) < 4.78 is 76.1. The summed E-state index contributed by atoms with van der Waals surface area (Å²) in [6.07, 6.45) is -3.35. The molecule has 2 rings (SSSR count). The van der Waals surface area contributed by atoms with Gasteiger partial charge in [0.2, 0.25) is 0 Å². The van der Waals surface area contributed by atoms with E-state index in [1.165, 1.54) is 0 Å². The lowest BCUT2D eigenvalue weighted by molar-refractivity contribution is -0.191. The van der Waals surface area contributed by atoms with Gasteiger partial charge in [0.1, 0.15) is 11.5 Å². The van der Waals surface area contributed by atoms with E-state index in [9.17, 15) is 22.0 Å². The zero-order valence-corrected chi connectivity index (χ0v) is 17.6.